The predicted molar refractivity (Wildman–Crippen MR) is 102 cm³/mol. The van der Waals surface area contributed by atoms with Gasteiger partial charge < -0.3 is 15.0 Å². The molecule has 1 saturated heterocycles. The number of benzene rings is 1. The zero-order chi connectivity index (χ0) is 19.2. The summed E-state index contributed by atoms with van der Waals surface area (Å²) in [4.78, 5) is 14.6. The minimum Gasteiger partial charge on any atom is -0.378 e. The van der Waals surface area contributed by atoms with Crippen LogP contribution in [0.15, 0.2) is 29.4 Å². The molecule has 0 aliphatic carbocycles. The molecule has 0 radical (unpaired) electrons. The van der Waals surface area contributed by atoms with Crippen molar-refractivity contribution >= 4 is 23.6 Å². The van der Waals surface area contributed by atoms with Gasteiger partial charge in [0, 0.05) is 26.2 Å². The first kappa shape index (κ1) is 19.6. The van der Waals surface area contributed by atoms with E-state index in [2.05, 4.69) is 20.4 Å². The summed E-state index contributed by atoms with van der Waals surface area (Å²) in [5.41, 5.74) is 0.855. The molecular formula is C18H24FN5O2S. The molecule has 1 aromatic carbocycles. The fourth-order valence-electron chi connectivity index (χ4n) is 2.79. The minimum absolute atomic E-state index is 0.0945. The van der Waals surface area contributed by atoms with Crippen LogP contribution in [0, 0.1) is 5.82 Å². The Kier molecular flexibility index (Phi) is 6.68. The fraction of sp³-hybridized carbons (Fsp3) is 0.500. The lowest BCUT2D eigenvalue weighted by Gasteiger charge is -2.27. The van der Waals surface area contributed by atoms with Crippen LogP contribution in [-0.2, 0) is 22.6 Å². The molecule has 1 aliphatic heterocycles. The van der Waals surface area contributed by atoms with E-state index in [9.17, 15) is 9.18 Å². The van der Waals surface area contributed by atoms with Gasteiger partial charge in [-0.1, -0.05) is 23.9 Å². The van der Waals surface area contributed by atoms with E-state index < -0.39 is 0 Å². The van der Waals surface area contributed by atoms with Gasteiger partial charge in [0.1, 0.15) is 5.82 Å². The number of nitrogens with one attached hydrogen (secondary N) is 1. The summed E-state index contributed by atoms with van der Waals surface area (Å²) in [7, 11) is 0. The van der Waals surface area contributed by atoms with Gasteiger partial charge in [0.25, 0.3) is 0 Å². The van der Waals surface area contributed by atoms with E-state index in [1.165, 1.54) is 23.9 Å². The van der Waals surface area contributed by atoms with Crippen molar-refractivity contribution in [2.75, 3.05) is 31.2 Å². The summed E-state index contributed by atoms with van der Waals surface area (Å²) in [6.45, 7) is 7.91. The first-order chi connectivity index (χ1) is 13.1. The number of amides is 1. The van der Waals surface area contributed by atoms with Crippen molar-refractivity contribution < 1.29 is 13.9 Å². The third-order valence-corrected chi connectivity index (χ3v) is 5.42. The van der Waals surface area contributed by atoms with Crippen LogP contribution in [0.5, 0.6) is 0 Å². The van der Waals surface area contributed by atoms with E-state index >= 15 is 0 Å². The van der Waals surface area contributed by atoms with Gasteiger partial charge in [0.15, 0.2) is 5.16 Å². The van der Waals surface area contributed by atoms with Gasteiger partial charge >= 0.3 is 0 Å². The molecule has 7 nitrogen and oxygen atoms in total. The van der Waals surface area contributed by atoms with Crippen LogP contribution in [-0.4, -0.2) is 52.2 Å². The number of hydrogen-bond acceptors (Lipinski definition) is 6. The molecule has 0 spiro atoms. The van der Waals surface area contributed by atoms with Crippen molar-refractivity contribution in [3.05, 3.63) is 35.6 Å². The number of rotatable bonds is 7. The number of nitrogens with zero attached hydrogens (tertiary/aromatic N) is 4. The van der Waals surface area contributed by atoms with Crippen molar-refractivity contribution in [3.63, 3.8) is 0 Å². The van der Waals surface area contributed by atoms with Crippen molar-refractivity contribution in [2.24, 2.45) is 0 Å². The van der Waals surface area contributed by atoms with Gasteiger partial charge in [-0.05, 0) is 31.5 Å². The Balaban J connectivity index is 1.59. The molecule has 3 rings (SSSR count). The van der Waals surface area contributed by atoms with E-state index in [-0.39, 0.29) is 17.0 Å². The predicted octanol–water partition coefficient (Wildman–Crippen LogP) is 2.07. The maximum absolute atomic E-state index is 12.9. The standard InChI is InChI=1S/C18H24FN5O2S/c1-3-24-17(23-8-10-26-11-9-23)21-22-18(24)27-13(2)16(25)20-12-14-4-6-15(19)7-5-14/h4-7,13H,3,8-12H2,1-2H3,(H,20,25). The lowest BCUT2D eigenvalue weighted by molar-refractivity contribution is -0.120. The van der Waals surface area contributed by atoms with Crippen molar-refractivity contribution in [3.8, 4) is 0 Å². The molecule has 27 heavy (non-hydrogen) atoms. The lowest BCUT2D eigenvalue weighted by atomic mass is 10.2. The molecule has 1 unspecified atom stereocenters. The average molecular weight is 393 g/mol. The van der Waals surface area contributed by atoms with E-state index in [0.717, 1.165) is 36.3 Å². The minimum atomic E-state index is -0.322. The van der Waals surface area contributed by atoms with Crippen LogP contribution in [0.3, 0.4) is 0 Å². The third-order valence-electron chi connectivity index (χ3n) is 4.34. The Labute approximate surface area is 162 Å². The number of hydrogen-bond donors (Lipinski definition) is 1. The Morgan fingerprint density at radius 2 is 2.00 bits per heavy atom. The summed E-state index contributed by atoms with van der Waals surface area (Å²) in [5.74, 6) is 0.439. The molecule has 1 atom stereocenters. The van der Waals surface area contributed by atoms with Crippen molar-refractivity contribution in [2.45, 2.75) is 37.3 Å². The molecule has 1 aromatic heterocycles. The summed E-state index contributed by atoms with van der Waals surface area (Å²) in [6, 6.07) is 6.10. The zero-order valence-corrected chi connectivity index (χ0v) is 16.3. The SMILES string of the molecule is CCn1c(SC(C)C(=O)NCc2ccc(F)cc2)nnc1N1CCOCC1. The first-order valence-corrected chi connectivity index (χ1v) is 9.91. The van der Waals surface area contributed by atoms with Crippen molar-refractivity contribution in [1.82, 2.24) is 20.1 Å². The normalized spacial score (nSPS) is 15.6. The number of morpholine rings is 1. The highest BCUT2D eigenvalue weighted by molar-refractivity contribution is 8.00. The molecule has 9 heteroatoms. The Bertz CT molecular complexity index is 762. The molecule has 1 N–H and O–H groups in total. The van der Waals surface area contributed by atoms with Gasteiger partial charge in [0.2, 0.25) is 11.9 Å². The van der Waals surface area contributed by atoms with E-state index in [0.29, 0.717) is 19.8 Å². The van der Waals surface area contributed by atoms with Crippen LogP contribution < -0.4 is 10.2 Å². The molecular weight excluding hydrogens is 369 g/mol. The second-order valence-corrected chi connectivity index (χ2v) is 7.54. The Morgan fingerprint density at radius 1 is 1.30 bits per heavy atom. The van der Waals surface area contributed by atoms with E-state index in [4.69, 9.17) is 4.74 Å². The van der Waals surface area contributed by atoms with Crippen LogP contribution in [0.2, 0.25) is 0 Å². The van der Waals surface area contributed by atoms with Crippen LogP contribution in [0.4, 0.5) is 10.3 Å². The monoisotopic (exact) mass is 393 g/mol. The number of thioether (sulfide) groups is 1. The van der Waals surface area contributed by atoms with Gasteiger partial charge in [0.05, 0.1) is 18.5 Å². The molecule has 1 amide bonds. The number of carbonyl (C=O) groups excluding carboxylic acids is 1. The number of anilines is 1. The van der Waals surface area contributed by atoms with Crippen LogP contribution in [0.25, 0.3) is 0 Å². The molecule has 2 aromatic rings. The summed E-state index contributed by atoms with van der Waals surface area (Å²) >= 11 is 1.38. The lowest BCUT2D eigenvalue weighted by Crippen LogP contribution is -2.38. The third kappa shape index (κ3) is 4.98. The highest BCUT2D eigenvalue weighted by atomic mass is 32.2. The molecule has 146 valence electrons. The first-order valence-electron chi connectivity index (χ1n) is 9.03. The molecule has 2 heterocycles. The molecule has 0 saturated carbocycles. The summed E-state index contributed by atoms with van der Waals surface area (Å²) in [5, 5.41) is 11.9. The van der Waals surface area contributed by atoms with Crippen LogP contribution >= 0.6 is 11.8 Å². The Hall–Kier alpha value is -2.13. The maximum Gasteiger partial charge on any atom is 0.233 e. The second kappa shape index (κ2) is 9.18. The van der Waals surface area contributed by atoms with Gasteiger partial charge in [-0.3, -0.25) is 9.36 Å². The molecule has 1 aliphatic rings. The number of aromatic nitrogens is 3. The maximum atomic E-state index is 12.9. The van der Waals surface area contributed by atoms with Gasteiger partial charge in [-0.2, -0.15) is 0 Å². The quantitative estimate of drug-likeness (QED) is 0.726. The average Bonchev–Trinajstić information content (AvgIpc) is 3.10. The van der Waals surface area contributed by atoms with Gasteiger partial charge in [-0.25, -0.2) is 4.39 Å². The van der Waals surface area contributed by atoms with E-state index in [1.54, 1.807) is 12.1 Å². The second-order valence-electron chi connectivity index (χ2n) is 6.23. The van der Waals surface area contributed by atoms with Crippen LogP contribution in [0.1, 0.15) is 19.4 Å². The smallest absolute Gasteiger partial charge is 0.233 e. The fourth-order valence-corrected chi connectivity index (χ4v) is 3.72. The summed E-state index contributed by atoms with van der Waals surface area (Å²) < 4.78 is 20.4. The van der Waals surface area contributed by atoms with Gasteiger partial charge in [-0.15, -0.1) is 10.2 Å². The molecule has 0 bridgehead atoms. The van der Waals surface area contributed by atoms with Crippen molar-refractivity contribution in [1.29, 1.82) is 0 Å². The number of carbonyl (C=O) groups is 1. The molecule has 1 fully saturated rings. The highest BCUT2D eigenvalue weighted by Crippen LogP contribution is 2.26. The Morgan fingerprint density at radius 3 is 2.67 bits per heavy atom. The van der Waals surface area contributed by atoms with E-state index in [1.807, 2.05) is 18.4 Å². The highest BCUT2D eigenvalue weighted by Gasteiger charge is 2.23. The summed E-state index contributed by atoms with van der Waals surface area (Å²) in [6.07, 6.45) is 0. The topological polar surface area (TPSA) is 72.3 Å². The largest absolute Gasteiger partial charge is 0.378 e. The zero-order valence-electron chi connectivity index (χ0n) is 15.5. The number of ether oxygens (including phenoxy) is 1. The number of halogens is 1.